The van der Waals surface area contributed by atoms with E-state index >= 15 is 0 Å². The first-order valence-corrected chi connectivity index (χ1v) is 12.9. The van der Waals surface area contributed by atoms with Crippen molar-refractivity contribution in [3.63, 3.8) is 0 Å². The number of aromatic nitrogens is 4. The van der Waals surface area contributed by atoms with E-state index in [0.29, 0.717) is 17.3 Å². The van der Waals surface area contributed by atoms with Crippen LogP contribution >= 0.6 is 0 Å². The van der Waals surface area contributed by atoms with Crippen molar-refractivity contribution in [3.8, 4) is 28.7 Å². The van der Waals surface area contributed by atoms with Gasteiger partial charge in [-0.25, -0.2) is 13.8 Å². The van der Waals surface area contributed by atoms with E-state index in [2.05, 4.69) is 5.32 Å². The number of nitrogens with zero attached hydrogens (tertiary/aromatic N) is 5. The minimum absolute atomic E-state index is 0.0153. The van der Waals surface area contributed by atoms with Crippen molar-refractivity contribution < 1.29 is 4.39 Å². The molecule has 1 saturated carbocycles. The number of nitrogens with two attached hydrogens (primary N) is 1. The molecule has 190 valence electrons. The second kappa shape index (κ2) is 10.1. The maximum absolute atomic E-state index is 14.6. The van der Waals surface area contributed by atoms with Gasteiger partial charge in [0.15, 0.2) is 0 Å². The molecule has 0 aliphatic heterocycles. The van der Waals surface area contributed by atoms with Crippen LogP contribution in [-0.4, -0.2) is 32.1 Å². The van der Waals surface area contributed by atoms with E-state index in [9.17, 15) is 9.65 Å². The Morgan fingerprint density at radius 1 is 1.00 bits per heavy atom. The standard InChI is InChI=1S/C30H28FN7/c31-27-15-21(9-10-22(27)17-32)29-16-30(34-18-20-5-4-6-24(33)13-20)36-38(29)26-11-12-28-23(14-26)19-37(35-28)25-7-2-1-3-8-25/h1-3,7-12,14-16,19-20,24H,4-6,13,18,33H2,(H,34,36)/t20?,24-/m0/s1. The second-order valence-electron chi connectivity index (χ2n) is 9.96. The van der Waals surface area contributed by atoms with Gasteiger partial charge in [0.1, 0.15) is 17.7 Å². The van der Waals surface area contributed by atoms with Gasteiger partial charge in [0.05, 0.1) is 28.1 Å². The number of fused-ring (bicyclic) bond motifs is 1. The van der Waals surface area contributed by atoms with Crippen molar-refractivity contribution in [1.82, 2.24) is 19.6 Å². The molecular weight excluding hydrogens is 477 g/mol. The van der Waals surface area contributed by atoms with Crippen molar-refractivity contribution in [2.45, 2.75) is 31.7 Å². The first kappa shape index (κ1) is 23.9. The number of hydrogen-bond acceptors (Lipinski definition) is 5. The van der Waals surface area contributed by atoms with Gasteiger partial charge >= 0.3 is 0 Å². The highest BCUT2D eigenvalue weighted by Gasteiger charge is 2.20. The third-order valence-electron chi connectivity index (χ3n) is 7.24. The summed E-state index contributed by atoms with van der Waals surface area (Å²) in [4.78, 5) is 0. The lowest BCUT2D eigenvalue weighted by molar-refractivity contribution is 0.335. The number of rotatable bonds is 6. The lowest BCUT2D eigenvalue weighted by atomic mass is 9.86. The van der Waals surface area contributed by atoms with E-state index < -0.39 is 5.82 Å². The fraction of sp³-hybridized carbons (Fsp3) is 0.233. The summed E-state index contributed by atoms with van der Waals surface area (Å²) < 4.78 is 18.3. The van der Waals surface area contributed by atoms with E-state index in [1.165, 1.54) is 12.1 Å². The molecule has 5 aromatic rings. The summed E-state index contributed by atoms with van der Waals surface area (Å²) >= 11 is 0. The Balaban J connectivity index is 1.37. The number of anilines is 1. The van der Waals surface area contributed by atoms with Crippen molar-refractivity contribution in [2.24, 2.45) is 11.7 Å². The Kier molecular flexibility index (Phi) is 6.36. The minimum Gasteiger partial charge on any atom is -0.368 e. The van der Waals surface area contributed by atoms with E-state index in [1.807, 2.05) is 76.2 Å². The zero-order chi connectivity index (χ0) is 26.1. The summed E-state index contributed by atoms with van der Waals surface area (Å²) in [5, 5.41) is 23.2. The van der Waals surface area contributed by atoms with Gasteiger partial charge in [-0.05, 0) is 67.6 Å². The van der Waals surface area contributed by atoms with Crippen LogP contribution in [0.25, 0.3) is 33.5 Å². The van der Waals surface area contributed by atoms with Crippen LogP contribution in [0.3, 0.4) is 0 Å². The van der Waals surface area contributed by atoms with Crippen molar-refractivity contribution in [3.05, 3.63) is 90.4 Å². The Morgan fingerprint density at radius 3 is 2.66 bits per heavy atom. The SMILES string of the molecule is N#Cc1ccc(-c2cc(NCC3CCC[C@H](N)C3)nn2-c2ccc3nn(-c4ccccc4)cc3c2)cc1F. The first-order chi connectivity index (χ1) is 18.6. The topological polar surface area (TPSA) is 97.5 Å². The molecule has 1 aliphatic carbocycles. The molecule has 1 unspecified atom stereocenters. The predicted octanol–water partition coefficient (Wildman–Crippen LogP) is 5.82. The molecule has 7 nitrogen and oxygen atoms in total. The average Bonchev–Trinajstić information content (AvgIpc) is 3.57. The molecule has 0 bridgehead atoms. The average molecular weight is 506 g/mol. The summed E-state index contributed by atoms with van der Waals surface area (Å²) in [6.07, 6.45) is 6.38. The third kappa shape index (κ3) is 4.76. The predicted molar refractivity (Wildman–Crippen MR) is 147 cm³/mol. The Bertz CT molecular complexity index is 1630. The summed E-state index contributed by atoms with van der Waals surface area (Å²) in [6, 6.07) is 24.6. The number of para-hydroxylation sites is 1. The van der Waals surface area contributed by atoms with Gasteiger partial charge in [-0.15, -0.1) is 5.10 Å². The highest BCUT2D eigenvalue weighted by molar-refractivity contribution is 5.81. The monoisotopic (exact) mass is 505 g/mol. The van der Waals surface area contributed by atoms with Crippen LogP contribution in [0.4, 0.5) is 10.2 Å². The van der Waals surface area contributed by atoms with Gasteiger partial charge in [-0.3, -0.25) is 0 Å². The summed E-state index contributed by atoms with van der Waals surface area (Å²) in [7, 11) is 0. The van der Waals surface area contributed by atoms with Gasteiger partial charge < -0.3 is 11.1 Å². The molecule has 38 heavy (non-hydrogen) atoms. The fourth-order valence-electron chi connectivity index (χ4n) is 5.26. The molecule has 1 fully saturated rings. The molecule has 3 N–H and O–H groups in total. The molecule has 6 rings (SSSR count). The largest absolute Gasteiger partial charge is 0.368 e. The molecule has 2 atom stereocenters. The summed E-state index contributed by atoms with van der Waals surface area (Å²) in [5.74, 6) is 0.659. The zero-order valence-electron chi connectivity index (χ0n) is 20.9. The van der Waals surface area contributed by atoms with Gasteiger partial charge in [0.25, 0.3) is 0 Å². The van der Waals surface area contributed by atoms with Crippen LogP contribution in [0.2, 0.25) is 0 Å². The molecule has 0 spiro atoms. The van der Waals surface area contributed by atoms with Crippen LogP contribution in [0, 0.1) is 23.1 Å². The smallest absolute Gasteiger partial charge is 0.149 e. The lowest BCUT2D eigenvalue weighted by Crippen LogP contribution is -2.31. The molecular formula is C30H28FN7. The van der Waals surface area contributed by atoms with Gasteiger partial charge in [-0.1, -0.05) is 30.7 Å². The van der Waals surface area contributed by atoms with Crippen LogP contribution < -0.4 is 11.1 Å². The molecule has 0 amide bonds. The Labute approximate surface area is 220 Å². The van der Waals surface area contributed by atoms with Crippen molar-refractivity contribution >= 4 is 16.7 Å². The van der Waals surface area contributed by atoms with Crippen LogP contribution in [0.15, 0.2) is 79.0 Å². The van der Waals surface area contributed by atoms with Gasteiger partial charge in [-0.2, -0.15) is 10.4 Å². The molecule has 2 aromatic heterocycles. The Hall–Kier alpha value is -4.48. The van der Waals surface area contributed by atoms with E-state index in [-0.39, 0.29) is 11.6 Å². The third-order valence-corrected chi connectivity index (χ3v) is 7.24. The molecule has 2 heterocycles. The number of nitriles is 1. The minimum atomic E-state index is -0.553. The van der Waals surface area contributed by atoms with Gasteiger partial charge in [0.2, 0.25) is 0 Å². The van der Waals surface area contributed by atoms with E-state index in [1.54, 1.807) is 6.07 Å². The zero-order valence-corrected chi connectivity index (χ0v) is 20.9. The maximum atomic E-state index is 14.6. The van der Waals surface area contributed by atoms with Crippen LogP contribution in [0.1, 0.15) is 31.2 Å². The number of halogens is 1. The molecule has 0 radical (unpaired) electrons. The summed E-state index contributed by atoms with van der Waals surface area (Å²) in [5.41, 5.74) is 10.2. The van der Waals surface area contributed by atoms with Crippen LogP contribution in [0.5, 0.6) is 0 Å². The number of hydrogen-bond donors (Lipinski definition) is 2. The molecule has 8 heteroatoms. The number of benzene rings is 3. The molecule has 0 saturated heterocycles. The van der Waals surface area contributed by atoms with E-state index in [0.717, 1.165) is 60.2 Å². The normalized spacial score (nSPS) is 17.4. The lowest BCUT2D eigenvalue weighted by Gasteiger charge is -2.26. The van der Waals surface area contributed by atoms with Crippen LogP contribution in [-0.2, 0) is 0 Å². The van der Waals surface area contributed by atoms with Crippen molar-refractivity contribution in [1.29, 1.82) is 5.26 Å². The molecule has 3 aromatic carbocycles. The second-order valence-corrected chi connectivity index (χ2v) is 9.96. The van der Waals surface area contributed by atoms with Gasteiger partial charge in [0, 0.05) is 35.8 Å². The highest BCUT2D eigenvalue weighted by Crippen LogP contribution is 2.30. The van der Waals surface area contributed by atoms with E-state index in [4.69, 9.17) is 15.9 Å². The molecule has 1 aliphatic rings. The maximum Gasteiger partial charge on any atom is 0.149 e. The summed E-state index contributed by atoms with van der Waals surface area (Å²) in [6.45, 7) is 0.786. The number of nitrogens with one attached hydrogen (secondary N) is 1. The quantitative estimate of drug-likeness (QED) is 0.303. The Morgan fingerprint density at radius 2 is 1.87 bits per heavy atom. The highest BCUT2D eigenvalue weighted by atomic mass is 19.1. The van der Waals surface area contributed by atoms with Crippen molar-refractivity contribution in [2.75, 3.05) is 11.9 Å². The first-order valence-electron chi connectivity index (χ1n) is 12.9. The fourth-order valence-corrected chi connectivity index (χ4v) is 5.26.